The Balaban J connectivity index is 3.01. The highest BCUT2D eigenvalue weighted by atomic mass is 35.5. The summed E-state index contributed by atoms with van der Waals surface area (Å²) >= 11 is 5.56. The van der Waals surface area contributed by atoms with Crippen molar-refractivity contribution in [3.05, 3.63) is 35.7 Å². The molecule has 1 atom stereocenters. The van der Waals surface area contributed by atoms with Gasteiger partial charge in [0, 0.05) is 0 Å². The molecule has 1 nitrogen and oxygen atoms in total. The van der Waals surface area contributed by atoms with E-state index in [4.69, 9.17) is 11.6 Å². The predicted molar refractivity (Wildman–Crippen MR) is 51.9 cm³/mol. The molecule has 0 fully saturated rings. The van der Waals surface area contributed by atoms with Crippen LogP contribution in [0.4, 0.5) is 13.2 Å². The molecule has 0 aromatic heterocycles. The van der Waals surface area contributed by atoms with Crippen LogP contribution in [0.15, 0.2) is 18.2 Å². The van der Waals surface area contributed by atoms with E-state index in [9.17, 15) is 13.2 Å². The first-order chi connectivity index (χ1) is 6.79. The Morgan fingerprint density at radius 1 is 1.40 bits per heavy atom. The summed E-state index contributed by atoms with van der Waals surface area (Å²) in [5.74, 6) is -0.519. The molecule has 1 aromatic rings. The van der Waals surface area contributed by atoms with Crippen LogP contribution in [0.1, 0.15) is 18.4 Å². The maximum atomic E-state index is 12.0. The van der Waals surface area contributed by atoms with Crippen molar-refractivity contribution in [3.8, 4) is 5.75 Å². The minimum absolute atomic E-state index is 0.0725. The molecular weight excluding hydrogens is 229 g/mol. The second-order valence-corrected chi connectivity index (χ2v) is 3.55. The van der Waals surface area contributed by atoms with E-state index < -0.39 is 12.1 Å². The zero-order valence-corrected chi connectivity index (χ0v) is 8.69. The molecule has 0 aliphatic heterocycles. The number of rotatable bonds is 2. The Bertz CT molecular complexity index is 347. The highest BCUT2D eigenvalue weighted by Crippen LogP contribution is 2.32. The van der Waals surface area contributed by atoms with Crippen LogP contribution in [0.2, 0.25) is 5.02 Å². The van der Waals surface area contributed by atoms with Crippen molar-refractivity contribution < 1.29 is 17.9 Å². The Hall–Kier alpha value is -0.900. The maximum absolute atomic E-state index is 12.0. The quantitative estimate of drug-likeness (QED) is 0.750. The van der Waals surface area contributed by atoms with E-state index in [1.165, 1.54) is 12.1 Å². The third-order valence-corrected chi connectivity index (χ3v) is 2.06. The molecule has 15 heavy (non-hydrogen) atoms. The zero-order chi connectivity index (χ0) is 11.6. The first-order valence-corrected chi connectivity index (χ1v) is 4.55. The zero-order valence-electron chi connectivity index (χ0n) is 7.94. The molecule has 1 rings (SSSR count). The maximum Gasteiger partial charge on any atom is 0.573 e. The Kier molecular flexibility index (Phi) is 3.50. The highest BCUT2D eigenvalue weighted by Gasteiger charge is 2.32. The second-order valence-electron chi connectivity index (χ2n) is 3.14. The molecule has 1 aromatic carbocycles. The number of hydrogen-bond acceptors (Lipinski definition) is 1. The van der Waals surface area contributed by atoms with Crippen molar-refractivity contribution >= 4 is 11.6 Å². The van der Waals surface area contributed by atoms with Gasteiger partial charge in [0.25, 0.3) is 0 Å². The van der Waals surface area contributed by atoms with E-state index >= 15 is 0 Å². The van der Waals surface area contributed by atoms with Gasteiger partial charge in [0.15, 0.2) is 0 Å². The number of halogens is 4. The van der Waals surface area contributed by atoms with Gasteiger partial charge in [-0.15, -0.1) is 13.2 Å². The summed E-state index contributed by atoms with van der Waals surface area (Å²) in [7, 11) is 0. The average molecular weight is 238 g/mol. The number of hydrogen-bond donors (Lipinski definition) is 0. The van der Waals surface area contributed by atoms with Gasteiger partial charge in [0.1, 0.15) is 5.75 Å². The molecule has 0 bridgehead atoms. The Morgan fingerprint density at radius 3 is 2.47 bits per heavy atom. The molecule has 5 heteroatoms. The van der Waals surface area contributed by atoms with Crippen LogP contribution in [0, 0.1) is 6.92 Å². The molecule has 0 heterocycles. The summed E-state index contributed by atoms with van der Waals surface area (Å²) in [6.07, 6.45) is -4.73. The fourth-order valence-electron chi connectivity index (χ4n) is 1.03. The Morgan fingerprint density at radius 2 is 2.00 bits per heavy atom. The van der Waals surface area contributed by atoms with E-state index in [2.05, 4.69) is 11.7 Å². The summed E-state index contributed by atoms with van der Waals surface area (Å²) in [5.41, 5.74) is 0.638. The van der Waals surface area contributed by atoms with Gasteiger partial charge in [-0.1, -0.05) is 24.6 Å². The molecule has 1 unspecified atom stereocenters. The lowest BCUT2D eigenvalue weighted by molar-refractivity contribution is -0.274. The van der Waals surface area contributed by atoms with E-state index in [1.807, 2.05) is 0 Å². The summed E-state index contributed by atoms with van der Waals surface area (Å²) in [4.78, 5) is 0. The average Bonchev–Trinajstić information content (AvgIpc) is 2.06. The van der Waals surface area contributed by atoms with Gasteiger partial charge in [-0.2, -0.15) is 0 Å². The standard InChI is InChI=1S/C10H9ClF3O/c1-6(2)7-3-4-8(11)9(5-7)15-10(12,13)14/h3-6H,1H2,2H3. The normalized spacial score (nSPS) is 11.9. The summed E-state index contributed by atoms with van der Waals surface area (Å²) in [5, 5.41) is -0.0725. The third-order valence-electron chi connectivity index (χ3n) is 1.75. The van der Waals surface area contributed by atoms with Gasteiger partial charge < -0.3 is 4.74 Å². The largest absolute Gasteiger partial charge is 0.573 e. The van der Waals surface area contributed by atoms with Crippen molar-refractivity contribution in [2.75, 3.05) is 0 Å². The molecule has 0 saturated carbocycles. The van der Waals surface area contributed by atoms with Crippen LogP contribution >= 0.6 is 11.6 Å². The van der Waals surface area contributed by atoms with E-state index in [0.29, 0.717) is 5.56 Å². The third kappa shape index (κ3) is 3.63. The minimum Gasteiger partial charge on any atom is -0.404 e. The summed E-state index contributed by atoms with van der Waals surface area (Å²) in [6, 6.07) is 4.22. The van der Waals surface area contributed by atoms with Crippen molar-refractivity contribution in [1.82, 2.24) is 0 Å². The lowest BCUT2D eigenvalue weighted by Gasteiger charge is -2.12. The molecule has 0 amide bonds. The van der Waals surface area contributed by atoms with Crippen molar-refractivity contribution in [1.29, 1.82) is 0 Å². The van der Waals surface area contributed by atoms with E-state index in [0.717, 1.165) is 0 Å². The van der Waals surface area contributed by atoms with Gasteiger partial charge in [0.05, 0.1) is 5.02 Å². The van der Waals surface area contributed by atoms with E-state index in [-0.39, 0.29) is 10.9 Å². The number of alkyl halides is 3. The van der Waals surface area contributed by atoms with Gasteiger partial charge in [-0.25, -0.2) is 0 Å². The SMILES string of the molecule is [CH2]C(C)c1ccc(Cl)c(OC(F)(F)F)c1. The van der Waals surface area contributed by atoms with Gasteiger partial charge in [-0.3, -0.25) is 0 Å². The van der Waals surface area contributed by atoms with Gasteiger partial charge in [0.2, 0.25) is 0 Å². The van der Waals surface area contributed by atoms with Crippen LogP contribution < -0.4 is 4.74 Å². The van der Waals surface area contributed by atoms with Crippen LogP contribution in [0.25, 0.3) is 0 Å². The Labute approximate surface area is 90.8 Å². The molecule has 1 radical (unpaired) electrons. The second kappa shape index (κ2) is 4.31. The smallest absolute Gasteiger partial charge is 0.404 e. The number of ether oxygens (including phenoxy) is 1. The molecule has 0 N–H and O–H groups in total. The lowest BCUT2D eigenvalue weighted by atomic mass is 10.0. The molecule has 83 valence electrons. The molecule has 0 spiro atoms. The first-order valence-electron chi connectivity index (χ1n) is 4.18. The predicted octanol–water partition coefficient (Wildman–Crippen LogP) is 4.18. The fraction of sp³-hybridized carbons (Fsp3) is 0.300. The molecule has 0 aliphatic carbocycles. The van der Waals surface area contributed by atoms with Crippen LogP contribution in [0.3, 0.4) is 0 Å². The molecule has 0 aliphatic rings. The fourth-order valence-corrected chi connectivity index (χ4v) is 1.19. The lowest BCUT2D eigenvalue weighted by Crippen LogP contribution is -2.17. The molecular formula is C10H9ClF3O. The summed E-state index contributed by atoms with van der Waals surface area (Å²) in [6.45, 7) is 5.46. The van der Waals surface area contributed by atoms with Gasteiger partial charge in [-0.05, 0) is 30.5 Å². The van der Waals surface area contributed by atoms with Crippen LogP contribution in [0.5, 0.6) is 5.75 Å². The first kappa shape index (κ1) is 12.2. The van der Waals surface area contributed by atoms with Crippen molar-refractivity contribution in [3.63, 3.8) is 0 Å². The minimum atomic E-state index is -4.73. The monoisotopic (exact) mass is 237 g/mol. The molecule has 0 saturated heterocycles. The summed E-state index contributed by atoms with van der Waals surface area (Å²) < 4.78 is 39.6. The van der Waals surface area contributed by atoms with Crippen molar-refractivity contribution in [2.24, 2.45) is 0 Å². The van der Waals surface area contributed by atoms with Crippen LogP contribution in [-0.4, -0.2) is 6.36 Å². The van der Waals surface area contributed by atoms with Crippen LogP contribution in [-0.2, 0) is 0 Å². The number of benzene rings is 1. The highest BCUT2D eigenvalue weighted by molar-refractivity contribution is 6.32. The van der Waals surface area contributed by atoms with E-state index in [1.54, 1.807) is 13.0 Å². The van der Waals surface area contributed by atoms with Crippen molar-refractivity contribution in [2.45, 2.75) is 19.2 Å². The topological polar surface area (TPSA) is 9.23 Å². The van der Waals surface area contributed by atoms with Gasteiger partial charge >= 0.3 is 6.36 Å².